The van der Waals surface area contributed by atoms with E-state index in [2.05, 4.69) is 36.0 Å². The number of rotatable bonds is 6. The molecule has 2 aromatic carbocycles. The summed E-state index contributed by atoms with van der Waals surface area (Å²) in [7, 11) is -4.02. The lowest BCUT2D eigenvalue weighted by molar-refractivity contribution is -0.384. The van der Waals surface area contributed by atoms with Crippen molar-refractivity contribution in [1.82, 2.24) is 0 Å². The smallest absolute Gasteiger partial charge is 0.280 e. The summed E-state index contributed by atoms with van der Waals surface area (Å²) < 4.78 is 27.7. The summed E-state index contributed by atoms with van der Waals surface area (Å²) in [5, 5.41) is 16.4. The van der Waals surface area contributed by atoms with Gasteiger partial charge in [-0.15, -0.1) is 0 Å². The fraction of sp³-hybridized carbons (Fsp3) is 0.381. The Balaban J connectivity index is 1.85. The number of hydrogen-bond acceptors (Lipinski definition) is 6. The maximum atomic E-state index is 12.7. The van der Waals surface area contributed by atoms with Gasteiger partial charge in [-0.2, -0.15) is 5.10 Å². The van der Waals surface area contributed by atoms with E-state index < -0.39 is 14.9 Å². The molecule has 2 N–H and O–H groups in total. The zero-order valence-corrected chi connectivity index (χ0v) is 19.1. The van der Waals surface area contributed by atoms with Crippen molar-refractivity contribution >= 4 is 44.4 Å². The van der Waals surface area contributed by atoms with Gasteiger partial charge in [0, 0.05) is 22.5 Å². The Morgan fingerprint density at radius 1 is 1.19 bits per heavy atom. The molecular formula is C21H25ClN4O4S. The number of halogens is 1. The van der Waals surface area contributed by atoms with Gasteiger partial charge in [-0.25, -0.2) is 8.42 Å². The van der Waals surface area contributed by atoms with Gasteiger partial charge in [-0.1, -0.05) is 32.4 Å². The molecule has 0 aliphatic heterocycles. The van der Waals surface area contributed by atoms with Crippen LogP contribution in [0.1, 0.15) is 40.0 Å². The van der Waals surface area contributed by atoms with Gasteiger partial charge in [-0.05, 0) is 67.0 Å². The first-order valence-electron chi connectivity index (χ1n) is 9.83. The molecule has 0 amide bonds. The first-order chi connectivity index (χ1) is 14.4. The molecule has 0 bridgehead atoms. The van der Waals surface area contributed by atoms with E-state index in [1.807, 2.05) is 0 Å². The third-order valence-electron chi connectivity index (χ3n) is 5.07. The Kier molecular flexibility index (Phi) is 6.56. The highest BCUT2D eigenvalue weighted by atomic mass is 35.5. The quantitative estimate of drug-likeness (QED) is 0.422. The molecule has 0 aromatic heterocycles. The Morgan fingerprint density at radius 3 is 2.48 bits per heavy atom. The Hall–Kier alpha value is -2.65. The Bertz CT molecular complexity index is 1110. The lowest BCUT2D eigenvalue weighted by atomic mass is 9.72. The first kappa shape index (κ1) is 23.0. The van der Waals surface area contributed by atoms with Crippen LogP contribution in [-0.4, -0.2) is 19.1 Å². The number of hydrazone groups is 1. The highest BCUT2D eigenvalue weighted by molar-refractivity contribution is 7.92. The van der Waals surface area contributed by atoms with E-state index in [9.17, 15) is 18.5 Å². The van der Waals surface area contributed by atoms with Crippen LogP contribution in [0.4, 0.5) is 17.1 Å². The molecule has 2 aromatic rings. The van der Waals surface area contributed by atoms with Crippen molar-refractivity contribution in [2.24, 2.45) is 16.4 Å². The monoisotopic (exact) mass is 464 g/mol. The lowest BCUT2D eigenvalue weighted by Crippen LogP contribution is -2.28. The molecule has 1 aliphatic rings. The summed E-state index contributed by atoms with van der Waals surface area (Å²) in [6.07, 6.45) is 2.72. The lowest BCUT2D eigenvalue weighted by Gasteiger charge is -2.34. The molecule has 1 fully saturated rings. The largest absolute Gasteiger partial charge is 0.295 e. The van der Waals surface area contributed by atoms with Gasteiger partial charge in [0.05, 0.1) is 9.82 Å². The summed E-state index contributed by atoms with van der Waals surface area (Å²) in [6, 6.07) is 9.79. The van der Waals surface area contributed by atoms with Crippen molar-refractivity contribution < 1.29 is 13.3 Å². The number of nitrogens with one attached hydrogen (secondary N) is 2. The third kappa shape index (κ3) is 5.95. The summed E-state index contributed by atoms with van der Waals surface area (Å²) in [6.45, 7) is 6.51. The van der Waals surface area contributed by atoms with Gasteiger partial charge >= 0.3 is 0 Å². The topological polar surface area (TPSA) is 114 Å². The van der Waals surface area contributed by atoms with Crippen LogP contribution in [0.3, 0.4) is 0 Å². The Morgan fingerprint density at radius 2 is 1.87 bits per heavy atom. The number of sulfonamides is 1. The number of nitro groups is 1. The van der Waals surface area contributed by atoms with E-state index in [4.69, 9.17) is 11.6 Å². The molecule has 0 spiro atoms. The van der Waals surface area contributed by atoms with Crippen molar-refractivity contribution in [1.29, 1.82) is 0 Å². The molecule has 1 unspecified atom stereocenters. The van der Waals surface area contributed by atoms with Gasteiger partial charge in [0.2, 0.25) is 0 Å². The molecule has 166 valence electrons. The number of nitro benzene ring substituents is 1. The predicted octanol–water partition coefficient (Wildman–Crippen LogP) is 5.66. The minimum atomic E-state index is -4.02. The van der Waals surface area contributed by atoms with Crippen LogP contribution in [0.2, 0.25) is 5.02 Å². The normalized spacial score (nSPS) is 19.7. The molecule has 0 heterocycles. The molecule has 0 saturated heterocycles. The van der Waals surface area contributed by atoms with Crippen molar-refractivity contribution in [2.45, 2.75) is 44.9 Å². The number of hydrogen-bond donors (Lipinski definition) is 2. The van der Waals surface area contributed by atoms with E-state index in [0.717, 1.165) is 31.0 Å². The first-order valence-corrected chi connectivity index (χ1v) is 11.7. The number of benzene rings is 2. The van der Waals surface area contributed by atoms with Crippen molar-refractivity contribution in [2.75, 3.05) is 10.1 Å². The molecule has 0 radical (unpaired) electrons. The van der Waals surface area contributed by atoms with E-state index in [1.54, 1.807) is 12.1 Å². The SMILES string of the molecule is CC1C/C(=N\Nc2ccc(S(=O)(=O)Nc3ccc(Cl)cc3)cc2[N+](=O)[O-])CC(C)(C)C1. The minimum Gasteiger partial charge on any atom is -0.280 e. The second-order valence-corrected chi connectivity index (χ2v) is 10.8. The van der Waals surface area contributed by atoms with E-state index in [0.29, 0.717) is 16.6 Å². The van der Waals surface area contributed by atoms with Crippen LogP contribution in [0.25, 0.3) is 0 Å². The Labute approximate surface area is 186 Å². The highest BCUT2D eigenvalue weighted by Gasteiger charge is 2.30. The molecule has 8 nitrogen and oxygen atoms in total. The fourth-order valence-electron chi connectivity index (χ4n) is 4.00. The van der Waals surface area contributed by atoms with Crippen LogP contribution in [-0.2, 0) is 10.0 Å². The third-order valence-corrected chi connectivity index (χ3v) is 6.71. The van der Waals surface area contributed by atoms with E-state index >= 15 is 0 Å². The van der Waals surface area contributed by atoms with Crippen molar-refractivity contribution in [3.05, 3.63) is 57.6 Å². The van der Waals surface area contributed by atoms with Crippen molar-refractivity contribution in [3.8, 4) is 0 Å². The van der Waals surface area contributed by atoms with E-state index in [-0.39, 0.29) is 21.7 Å². The molecule has 10 heteroatoms. The molecular weight excluding hydrogens is 440 g/mol. The van der Waals surface area contributed by atoms with Crippen LogP contribution in [0, 0.1) is 21.4 Å². The molecule has 31 heavy (non-hydrogen) atoms. The number of anilines is 2. The van der Waals surface area contributed by atoms with Gasteiger partial charge in [-0.3, -0.25) is 20.3 Å². The molecule has 1 atom stereocenters. The fourth-order valence-corrected chi connectivity index (χ4v) is 5.20. The summed E-state index contributed by atoms with van der Waals surface area (Å²) >= 11 is 5.81. The maximum Gasteiger partial charge on any atom is 0.295 e. The highest BCUT2D eigenvalue weighted by Crippen LogP contribution is 2.37. The van der Waals surface area contributed by atoms with Gasteiger partial charge < -0.3 is 0 Å². The second kappa shape index (κ2) is 8.84. The summed E-state index contributed by atoms with van der Waals surface area (Å²) in [5.74, 6) is 0.478. The van der Waals surface area contributed by atoms with Crippen molar-refractivity contribution in [3.63, 3.8) is 0 Å². The van der Waals surface area contributed by atoms with Gasteiger partial charge in [0.15, 0.2) is 0 Å². The van der Waals surface area contributed by atoms with Crippen LogP contribution in [0.5, 0.6) is 0 Å². The molecule has 1 aliphatic carbocycles. The van der Waals surface area contributed by atoms with Gasteiger partial charge in [0.1, 0.15) is 5.69 Å². The van der Waals surface area contributed by atoms with Gasteiger partial charge in [0.25, 0.3) is 15.7 Å². The maximum absolute atomic E-state index is 12.7. The average molecular weight is 465 g/mol. The summed E-state index contributed by atoms with van der Waals surface area (Å²) in [5.41, 5.74) is 3.91. The zero-order valence-electron chi connectivity index (χ0n) is 17.6. The van der Waals surface area contributed by atoms with E-state index in [1.165, 1.54) is 24.3 Å². The predicted molar refractivity (Wildman–Crippen MR) is 123 cm³/mol. The average Bonchev–Trinajstić information content (AvgIpc) is 2.66. The second-order valence-electron chi connectivity index (χ2n) is 8.69. The van der Waals surface area contributed by atoms with Crippen LogP contribution in [0.15, 0.2) is 52.5 Å². The molecule has 3 rings (SSSR count). The minimum absolute atomic E-state index is 0.120. The number of nitrogens with zero attached hydrogens (tertiary/aromatic N) is 2. The van der Waals surface area contributed by atoms with Crippen LogP contribution >= 0.6 is 11.6 Å². The summed E-state index contributed by atoms with van der Waals surface area (Å²) in [4.78, 5) is 10.7. The zero-order chi connectivity index (χ0) is 22.8. The molecule has 1 saturated carbocycles. The van der Waals surface area contributed by atoms with Crippen LogP contribution < -0.4 is 10.1 Å². The standard InChI is InChI=1S/C21H25ClN4O4S/c1-14-10-17(13-21(2,3)12-14)23-24-19-9-8-18(11-20(19)26(27)28)31(29,30)25-16-6-4-15(22)5-7-16/h4-9,11,14,24-25H,10,12-13H2,1-3H3/b23-17+.